The molecule has 1 atom stereocenters. The molecule has 3 heteroatoms. The first-order valence-corrected chi connectivity index (χ1v) is 5.30. The maximum Gasteiger partial charge on any atom is 0.313 e. The number of allylic oxidation sites excluding steroid dienone is 1. The average Bonchev–Trinajstić information content (AvgIpc) is 2.14. The zero-order chi connectivity index (χ0) is 11.8. The molecule has 3 nitrogen and oxygen atoms in total. The number of hydrogen-bond donors (Lipinski definition) is 0. The fraction of sp³-hybridized carbons (Fsp3) is 0.667. The summed E-state index contributed by atoms with van der Waals surface area (Å²) in [6.07, 6.45) is 1.08. The summed E-state index contributed by atoms with van der Waals surface area (Å²) in [5.74, 6) is -0.150. The van der Waals surface area contributed by atoms with Gasteiger partial charge in [0.15, 0.2) is 0 Å². The summed E-state index contributed by atoms with van der Waals surface area (Å²) >= 11 is 0. The van der Waals surface area contributed by atoms with Crippen LogP contribution in [-0.2, 0) is 14.3 Å². The minimum Gasteiger partial charge on any atom is -0.466 e. The normalized spacial score (nSPS) is 11.9. The van der Waals surface area contributed by atoms with Crippen molar-refractivity contribution in [2.45, 2.75) is 40.0 Å². The summed E-state index contributed by atoms with van der Waals surface area (Å²) in [6.45, 7) is 9.85. The molecule has 0 aliphatic heterocycles. The molecule has 0 aliphatic rings. The Morgan fingerprint density at radius 3 is 2.47 bits per heavy atom. The number of hydrogen-bond acceptors (Lipinski definition) is 3. The minimum absolute atomic E-state index is 0.0541. The van der Waals surface area contributed by atoms with Gasteiger partial charge in [-0.2, -0.15) is 0 Å². The first-order chi connectivity index (χ1) is 6.97. The van der Waals surface area contributed by atoms with E-state index in [1.165, 1.54) is 0 Å². The van der Waals surface area contributed by atoms with Crippen LogP contribution in [0.3, 0.4) is 0 Å². The van der Waals surface area contributed by atoms with Gasteiger partial charge in [0, 0.05) is 6.42 Å². The summed E-state index contributed by atoms with van der Waals surface area (Å²) in [5, 5.41) is 0. The van der Waals surface area contributed by atoms with E-state index in [9.17, 15) is 9.59 Å². The first kappa shape index (κ1) is 13.9. The van der Waals surface area contributed by atoms with Gasteiger partial charge in [0.2, 0.25) is 0 Å². The van der Waals surface area contributed by atoms with E-state index in [4.69, 9.17) is 0 Å². The smallest absolute Gasteiger partial charge is 0.313 e. The number of esters is 1. The molecule has 0 radical (unpaired) electrons. The molecule has 86 valence electrons. The van der Waals surface area contributed by atoms with Gasteiger partial charge in [0.1, 0.15) is 12.2 Å². The van der Waals surface area contributed by atoms with Crippen molar-refractivity contribution in [3.63, 3.8) is 0 Å². The Balaban J connectivity index is 3.75. The molecule has 0 aromatic rings. The third-order valence-corrected chi connectivity index (χ3v) is 2.34. The van der Waals surface area contributed by atoms with E-state index in [1.54, 1.807) is 6.92 Å². The SMILES string of the molecule is C=C(C)C(C)CCC(=O)CC(=O)OCC. The highest BCUT2D eigenvalue weighted by Crippen LogP contribution is 2.14. The molecule has 0 fully saturated rings. The number of ketones is 1. The Kier molecular flexibility index (Phi) is 6.67. The summed E-state index contributed by atoms with van der Waals surface area (Å²) in [5.41, 5.74) is 1.07. The van der Waals surface area contributed by atoms with Crippen molar-refractivity contribution >= 4 is 11.8 Å². The van der Waals surface area contributed by atoms with Crippen LogP contribution < -0.4 is 0 Å². The molecule has 0 heterocycles. The van der Waals surface area contributed by atoms with Crippen molar-refractivity contribution in [1.29, 1.82) is 0 Å². The second-order valence-corrected chi connectivity index (χ2v) is 3.81. The Hall–Kier alpha value is -1.12. The van der Waals surface area contributed by atoms with Gasteiger partial charge in [-0.3, -0.25) is 9.59 Å². The summed E-state index contributed by atoms with van der Waals surface area (Å²) in [4.78, 5) is 22.3. The number of ether oxygens (including phenoxy) is 1. The number of carbonyl (C=O) groups is 2. The second-order valence-electron chi connectivity index (χ2n) is 3.81. The third-order valence-electron chi connectivity index (χ3n) is 2.34. The lowest BCUT2D eigenvalue weighted by Crippen LogP contribution is -2.12. The van der Waals surface area contributed by atoms with Crippen LogP contribution in [0.2, 0.25) is 0 Å². The highest BCUT2D eigenvalue weighted by Gasteiger charge is 2.12. The van der Waals surface area contributed by atoms with Crippen LogP contribution in [0.25, 0.3) is 0 Å². The van der Waals surface area contributed by atoms with E-state index in [-0.39, 0.29) is 12.2 Å². The van der Waals surface area contributed by atoms with Crippen molar-refractivity contribution in [2.24, 2.45) is 5.92 Å². The van der Waals surface area contributed by atoms with Crippen molar-refractivity contribution < 1.29 is 14.3 Å². The monoisotopic (exact) mass is 212 g/mol. The molecule has 0 bridgehead atoms. The van der Waals surface area contributed by atoms with E-state index in [0.717, 1.165) is 12.0 Å². The van der Waals surface area contributed by atoms with E-state index < -0.39 is 5.97 Å². The quantitative estimate of drug-likeness (QED) is 0.370. The van der Waals surface area contributed by atoms with Crippen LogP contribution in [0.15, 0.2) is 12.2 Å². The van der Waals surface area contributed by atoms with Crippen LogP contribution in [-0.4, -0.2) is 18.4 Å². The van der Waals surface area contributed by atoms with Gasteiger partial charge < -0.3 is 4.74 Å². The molecule has 0 amide bonds. The summed E-state index contributed by atoms with van der Waals surface area (Å²) in [6, 6.07) is 0. The molecule has 0 N–H and O–H groups in total. The zero-order valence-corrected chi connectivity index (χ0v) is 9.84. The van der Waals surface area contributed by atoms with Gasteiger partial charge in [-0.1, -0.05) is 19.1 Å². The predicted octanol–water partition coefficient (Wildman–Crippen LogP) is 2.50. The zero-order valence-electron chi connectivity index (χ0n) is 9.84. The second kappa shape index (κ2) is 7.21. The molecule has 0 saturated heterocycles. The first-order valence-electron chi connectivity index (χ1n) is 5.30. The molecule has 15 heavy (non-hydrogen) atoms. The fourth-order valence-corrected chi connectivity index (χ4v) is 1.09. The lowest BCUT2D eigenvalue weighted by atomic mass is 9.97. The van der Waals surface area contributed by atoms with Gasteiger partial charge in [0.05, 0.1) is 6.61 Å². The topological polar surface area (TPSA) is 43.4 Å². The summed E-state index contributed by atoms with van der Waals surface area (Å²) in [7, 11) is 0. The predicted molar refractivity (Wildman–Crippen MR) is 59.5 cm³/mol. The van der Waals surface area contributed by atoms with Crippen LogP contribution >= 0.6 is 0 Å². The third kappa shape index (κ3) is 6.89. The average molecular weight is 212 g/mol. The van der Waals surface area contributed by atoms with Gasteiger partial charge >= 0.3 is 5.97 Å². The van der Waals surface area contributed by atoms with Crippen LogP contribution in [0.1, 0.15) is 40.0 Å². The van der Waals surface area contributed by atoms with Gasteiger partial charge in [-0.05, 0) is 26.2 Å². The van der Waals surface area contributed by atoms with Crippen LogP contribution in [0.4, 0.5) is 0 Å². The van der Waals surface area contributed by atoms with Gasteiger partial charge in [-0.25, -0.2) is 0 Å². The van der Waals surface area contributed by atoms with Crippen LogP contribution in [0, 0.1) is 5.92 Å². The molecule has 0 aromatic heterocycles. The lowest BCUT2D eigenvalue weighted by Gasteiger charge is -2.09. The Bertz CT molecular complexity index is 243. The Morgan fingerprint density at radius 1 is 1.40 bits per heavy atom. The maximum absolute atomic E-state index is 11.3. The van der Waals surface area contributed by atoms with E-state index >= 15 is 0 Å². The van der Waals surface area contributed by atoms with E-state index in [0.29, 0.717) is 18.9 Å². The number of Topliss-reactive ketones (excluding diaryl/α,β-unsaturated/α-hetero) is 1. The van der Waals surface area contributed by atoms with Crippen molar-refractivity contribution in [3.8, 4) is 0 Å². The number of carbonyl (C=O) groups excluding carboxylic acids is 2. The molecule has 0 saturated carbocycles. The molecule has 1 unspecified atom stereocenters. The van der Waals surface area contributed by atoms with Crippen molar-refractivity contribution in [2.75, 3.05) is 6.61 Å². The summed E-state index contributed by atoms with van der Waals surface area (Å²) < 4.78 is 4.69. The van der Waals surface area contributed by atoms with Crippen LogP contribution in [0.5, 0.6) is 0 Å². The number of rotatable bonds is 7. The molecular weight excluding hydrogens is 192 g/mol. The molecule has 0 aromatic carbocycles. The molecule has 0 rings (SSSR count). The van der Waals surface area contributed by atoms with Crippen molar-refractivity contribution in [3.05, 3.63) is 12.2 Å². The Morgan fingerprint density at radius 2 is 2.00 bits per heavy atom. The highest BCUT2D eigenvalue weighted by molar-refractivity contribution is 5.95. The highest BCUT2D eigenvalue weighted by atomic mass is 16.5. The molecule has 0 spiro atoms. The Labute approximate surface area is 91.5 Å². The van der Waals surface area contributed by atoms with Crippen molar-refractivity contribution in [1.82, 2.24) is 0 Å². The lowest BCUT2D eigenvalue weighted by molar-refractivity contribution is -0.145. The fourth-order valence-electron chi connectivity index (χ4n) is 1.09. The minimum atomic E-state index is -0.425. The maximum atomic E-state index is 11.3. The van der Waals surface area contributed by atoms with Gasteiger partial charge in [-0.15, -0.1) is 0 Å². The largest absolute Gasteiger partial charge is 0.466 e. The van der Waals surface area contributed by atoms with E-state index in [1.807, 2.05) is 13.8 Å². The molecular formula is C12H20O3. The van der Waals surface area contributed by atoms with E-state index in [2.05, 4.69) is 11.3 Å². The molecule has 0 aliphatic carbocycles. The standard InChI is InChI=1S/C12H20O3/c1-5-15-12(14)8-11(13)7-6-10(4)9(2)3/h10H,2,5-8H2,1,3-4H3. The van der Waals surface area contributed by atoms with Gasteiger partial charge in [0.25, 0.3) is 0 Å².